The fraction of sp³-hybridized carbons (Fsp3) is 0.429. The Hall–Kier alpha value is -2.47. The van der Waals surface area contributed by atoms with Crippen LogP contribution in [0.15, 0.2) is 42.6 Å². The Kier molecular flexibility index (Phi) is 6.50. The molecule has 0 unspecified atom stereocenters. The highest BCUT2D eigenvalue weighted by Gasteiger charge is 2.48. The van der Waals surface area contributed by atoms with Crippen molar-refractivity contribution < 1.29 is 8.96 Å². The van der Waals surface area contributed by atoms with Crippen LogP contribution in [0.5, 0.6) is 0 Å². The molecule has 0 radical (unpaired) electrons. The molecule has 1 aliphatic heterocycles. The van der Waals surface area contributed by atoms with Crippen LogP contribution in [0, 0.1) is 11.7 Å². The van der Waals surface area contributed by atoms with Crippen molar-refractivity contribution in [1.29, 1.82) is 0 Å². The summed E-state index contributed by atoms with van der Waals surface area (Å²) in [5, 5.41) is 7.17. The van der Waals surface area contributed by atoms with Crippen molar-refractivity contribution in [3.63, 3.8) is 0 Å². The molecule has 3 aliphatic rings. The molecule has 6 rings (SSSR count). The van der Waals surface area contributed by atoms with E-state index in [2.05, 4.69) is 43.7 Å². The molecule has 1 saturated carbocycles. The van der Waals surface area contributed by atoms with Crippen LogP contribution in [0.2, 0.25) is 5.02 Å². The SMILES string of the molecule is CP(C)(=O)c1cc(F)ccc1Nc1nc(Nc2ccc3c(c2)CC[C@@H](N2CC[C@H]4C[C@H]42)CC3)ncc1Cl. The number of benzene rings is 2. The molecule has 0 bridgehead atoms. The number of anilines is 4. The average Bonchev–Trinajstić information content (AvgIpc) is 3.57. The van der Waals surface area contributed by atoms with E-state index in [4.69, 9.17) is 11.6 Å². The van der Waals surface area contributed by atoms with Gasteiger partial charge >= 0.3 is 0 Å². The quantitative estimate of drug-likeness (QED) is 0.281. The lowest BCUT2D eigenvalue weighted by molar-refractivity contribution is 0.195. The van der Waals surface area contributed by atoms with Gasteiger partial charge in [0.25, 0.3) is 0 Å². The monoisotopic (exact) mass is 539 g/mol. The van der Waals surface area contributed by atoms with Crippen LogP contribution in [0.25, 0.3) is 0 Å². The van der Waals surface area contributed by atoms with Gasteiger partial charge in [-0.05, 0) is 106 Å². The van der Waals surface area contributed by atoms with Crippen molar-refractivity contribution in [3.05, 3.63) is 64.6 Å². The summed E-state index contributed by atoms with van der Waals surface area (Å²) in [5.41, 5.74) is 4.27. The predicted octanol–water partition coefficient (Wildman–Crippen LogP) is 6.35. The van der Waals surface area contributed by atoms with Gasteiger partial charge in [-0.2, -0.15) is 4.98 Å². The molecule has 6 nitrogen and oxygen atoms in total. The highest BCUT2D eigenvalue weighted by molar-refractivity contribution is 7.70. The second-order valence-electron chi connectivity index (χ2n) is 11.0. The van der Waals surface area contributed by atoms with Gasteiger partial charge in [0.05, 0.1) is 11.9 Å². The fourth-order valence-electron chi connectivity index (χ4n) is 6.01. The number of aromatic nitrogens is 2. The summed E-state index contributed by atoms with van der Waals surface area (Å²) in [5.74, 6) is 1.30. The van der Waals surface area contributed by atoms with Crippen LogP contribution in [-0.2, 0) is 17.4 Å². The number of nitrogens with one attached hydrogen (secondary N) is 2. The maximum Gasteiger partial charge on any atom is 0.229 e. The number of likely N-dealkylation sites (tertiary alicyclic amines) is 1. The van der Waals surface area contributed by atoms with Crippen molar-refractivity contribution in [2.24, 2.45) is 5.92 Å². The summed E-state index contributed by atoms with van der Waals surface area (Å²) in [7, 11) is -2.74. The highest BCUT2D eigenvalue weighted by atomic mass is 35.5. The topological polar surface area (TPSA) is 70.2 Å². The second kappa shape index (κ2) is 9.68. The molecule has 2 fully saturated rings. The molecule has 1 aromatic heterocycles. The standard InChI is InChI=1S/C28H32ClFN5OP/c1-37(2,36)26-15-20(30)6-10-24(26)33-27-23(29)16-31-28(34-27)32-21-7-3-17-4-8-22(9-5-18(17)13-21)35-12-11-19-14-25(19)35/h3,6-7,10,13,15-16,19,22,25H,4-5,8-9,11-12,14H2,1-2H3,(H2,31,32,33,34)/t19-,22-,25+/m0/s1. The third kappa shape index (κ3) is 5.27. The molecule has 0 amide bonds. The minimum atomic E-state index is -2.74. The van der Waals surface area contributed by atoms with Gasteiger partial charge in [-0.25, -0.2) is 9.37 Å². The zero-order valence-corrected chi connectivity index (χ0v) is 22.8. The summed E-state index contributed by atoms with van der Waals surface area (Å²) < 4.78 is 26.6. The molecule has 2 aromatic carbocycles. The molecule has 3 atom stereocenters. The fourth-order valence-corrected chi connectivity index (χ4v) is 7.29. The third-order valence-corrected chi connectivity index (χ3v) is 9.84. The average molecular weight is 540 g/mol. The van der Waals surface area contributed by atoms with E-state index in [1.807, 2.05) is 0 Å². The lowest BCUT2D eigenvalue weighted by Crippen LogP contribution is -2.35. The number of piperidine rings is 1. The normalized spacial score (nSPS) is 23.2. The summed E-state index contributed by atoms with van der Waals surface area (Å²) in [6.45, 7) is 4.49. The first-order valence-corrected chi connectivity index (χ1v) is 16.0. The number of fused-ring (bicyclic) bond motifs is 2. The van der Waals surface area contributed by atoms with Gasteiger partial charge in [0, 0.05) is 23.1 Å². The van der Waals surface area contributed by atoms with Crippen molar-refractivity contribution in [2.75, 3.05) is 30.5 Å². The van der Waals surface area contributed by atoms with Crippen LogP contribution >= 0.6 is 18.7 Å². The van der Waals surface area contributed by atoms with E-state index in [1.165, 1.54) is 61.7 Å². The summed E-state index contributed by atoms with van der Waals surface area (Å²) in [6, 6.07) is 12.3. The zero-order chi connectivity index (χ0) is 25.7. The molecule has 2 heterocycles. The number of nitrogens with zero attached hydrogens (tertiary/aromatic N) is 3. The minimum Gasteiger partial charge on any atom is -0.338 e. The van der Waals surface area contributed by atoms with Crippen LogP contribution in [-0.4, -0.2) is 46.8 Å². The Morgan fingerprint density at radius 2 is 1.86 bits per heavy atom. The van der Waals surface area contributed by atoms with E-state index in [9.17, 15) is 8.96 Å². The first-order valence-electron chi connectivity index (χ1n) is 13.0. The van der Waals surface area contributed by atoms with Crippen LogP contribution < -0.4 is 15.9 Å². The van der Waals surface area contributed by atoms with Crippen molar-refractivity contribution in [3.8, 4) is 0 Å². The van der Waals surface area contributed by atoms with Gasteiger partial charge < -0.3 is 15.2 Å². The smallest absolute Gasteiger partial charge is 0.229 e. The lowest BCUT2D eigenvalue weighted by atomic mass is 10.0. The van der Waals surface area contributed by atoms with Crippen LogP contribution in [0.1, 0.15) is 36.8 Å². The van der Waals surface area contributed by atoms with E-state index in [0.717, 1.165) is 30.5 Å². The second-order valence-corrected chi connectivity index (χ2v) is 14.5. The molecule has 9 heteroatoms. The van der Waals surface area contributed by atoms with Gasteiger partial charge in [0.15, 0.2) is 5.82 Å². The van der Waals surface area contributed by atoms with Gasteiger partial charge in [-0.1, -0.05) is 17.7 Å². The molecule has 2 aliphatic carbocycles. The number of hydrogen-bond donors (Lipinski definition) is 2. The van der Waals surface area contributed by atoms with E-state index in [-0.39, 0.29) is 0 Å². The Balaban J connectivity index is 1.18. The van der Waals surface area contributed by atoms with Crippen LogP contribution in [0.3, 0.4) is 0 Å². The Morgan fingerprint density at radius 3 is 2.59 bits per heavy atom. The van der Waals surface area contributed by atoms with Gasteiger partial charge in [-0.3, -0.25) is 4.90 Å². The van der Waals surface area contributed by atoms with Crippen molar-refractivity contribution in [1.82, 2.24) is 14.9 Å². The van der Waals surface area contributed by atoms with Gasteiger partial charge in [0.1, 0.15) is 18.0 Å². The molecular formula is C28H32ClFN5OP. The first-order chi connectivity index (χ1) is 17.7. The Labute approximate surface area is 222 Å². The maximum absolute atomic E-state index is 13.9. The number of aryl methyl sites for hydroxylation is 2. The lowest BCUT2D eigenvalue weighted by Gasteiger charge is -2.28. The zero-order valence-electron chi connectivity index (χ0n) is 21.2. The molecule has 0 spiro atoms. The van der Waals surface area contributed by atoms with E-state index < -0.39 is 13.0 Å². The van der Waals surface area contributed by atoms with Gasteiger partial charge in [-0.15, -0.1) is 0 Å². The molecule has 37 heavy (non-hydrogen) atoms. The highest BCUT2D eigenvalue weighted by Crippen LogP contribution is 2.46. The molecule has 1 saturated heterocycles. The Bertz CT molecular complexity index is 1390. The molecular weight excluding hydrogens is 508 g/mol. The predicted molar refractivity (Wildman–Crippen MR) is 149 cm³/mol. The van der Waals surface area contributed by atoms with Crippen molar-refractivity contribution >= 4 is 47.2 Å². The third-order valence-electron chi connectivity index (χ3n) is 8.03. The van der Waals surface area contributed by atoms with Crippen LogP contribution in [0.4, 0.5) is 27.5 Å². The van der Waals surface area contributed by atoms with Gasteiger partial charge in [0.2, 0.25) is 5.95 Å². The maximum atomic E-state index is 13.9. The summed E-state index contributed by atoms with van der Waals surface area (Å²) >= 11 is 6.38. The number of halogens is 2. The minimum absolute atomic E-state index is 0.315. The summed E-state index contributed by atoms with van der Waals surface area (Å²) in [6.07, 6.45) is 8.98. The molecule has 2 N–H and O–H groups in total. The van der Waals surface area contributed by atoms with E-state index in [0.29, 0.717) is 33.8 Å². The van der Waals surface area contributed by atoms with Crippen molar-refractivity contribution in [2.45, 2.75) is 50.6 Å². The van der Waals surface area contributed by atoms with E-state index >= 15 is 0 Å². The molecule has 3 aromatic rings. The largest absolute Gasteiger partial charge is 0.338 e. The Morgan fingerprint density at radius 1 is 1.05 bits per heavy atom. The number of rotatable bonds is 6. The first kappa shape index (κ1) is 24.8. The number of hydrogen-bond acceptors (Lipinski definition) is 6. The van der Waals surface area contributed by atoms with E-state index in [1.54, 1.807) is 19.4 Å². The summed E-state index contributed by atoms with van der Waals surface area (Å²) in [4.78, 5) is 11.7. The molecule has 194 valence electrons.